The average molecular weight is 819 g/mol. The number of aromatic nitrogens is 2. The Balaban J connectivity index is 1.18. The molecule has 0 N–H and O–H groups in total. The van der Waals surface area contributed by atoms with E-state index in [9.17, 15) is 0 Å². The van der Waals surface area contributed by atoms with Gasteiger partial charge < -0.3 is 9.80 Å². The van der Waals surface area contributed by atoms with Crippen molar-refractivity contribution < 1.29 is 0 Å². The van der Waals surface area contributed by atoms with Gasteiger partial charge in [0, 0.05) is 68.4 Å². The lowest BCUT2D eigenvalue weighted by molar-refractivity contribution is 0.977. The zero-order chi connectivity index (χ0) is 42.1. The molecule has 13 rings (SSSR count). The average Bonchev–Trinajstić information content (AvgIpc) is 3.63. The minimum absolute atomic E-state index is 0.970. The Kier molecular flexibility index (Phi) is 8.45. The van der Waals surface area contributed by atoms with Gasteiger partial charge in [-0.3, -0.25) is 9.97 Å². The van der Waals surface area contributed by atoms with Gasteiger partial charge in [0.2, 0.25) is 0 Å². The zero-order valence-corrected chi connectivity index (χ0v) is 35.2. The lowest BCUT2D eigenvalue weighted by Crippen LogP contribution is -2.12. The first kappa shape index (κ1) is 36.6. The summed E-state index contributed by atoms with van der Waals surface area (Å²) in [6, 6.07) is 71.4. The van der Waals surface area contributed by atoms with E-state index < -0.39 is 0 Å². The summed E-state index contributed by atoms with van der Waals surface area (Å²) in [6.45, 7) is 0. The van der Waals surface area contributed by atoms with Gasteiger partial charge in [-0.25, -0.2) is 0 Å². The summed E-state index contributed by atoms with van der Waals surface area (Å²) in [6.07, 6.45) is 7.88. The molecule has 64 heavy (non-hydrogen) atoms. The molecule has 0 saturated carbocycles. The molecule has 302 valence electrons. The van der Waals surface area contributed by atoms with E-state index in [1.54, 1.807) is 0 Å². The van der Waals surface area contributed by atoms with Crippen LogP contribution < -0.4 is 9.80 Å². The fourth-order valence-electron chi connectivity index (χ4n) is 10.7. The lowest BCUT2D eigenvalue weighted by Gasteiger charge is -2.29. The Labute approximate surface area is 372 Å². The Bertz CT molecular complexity index is 3320. The van der Waals surface area contributed by atoms with Crippen molar-refractivity contribution in [2.75, 3.05) is 9.80 Å². The summed E-state index contributed by atoms with van der Waals surface area (Å²) in [7, 11) is 0. The third kappa shape index (κ3) is 5.76. The molecule has 0 unspecified atom stereocenters. The van der Waals surface area contributed by atoms with Gasteiger partial charge in [0.05, 0.1) is 11.4 Å². The first-order valence-corrected chi connectivity index (χ1v) is 22.4. The van der Waals surface area contributed by atoms with Crippen LogP contribution in [0.15, 0.2) is 207 Å². The number of aryl methyl sites for hydroxylation is 4. The van der Waals surface area contributed by atoms with Crippen molar-refractivity contribution in [2.45, 2.75) is 25.7 Å². The highest BCUT2D eigenvalue weighted by atomic mass is 15.2. The summed E-state index contributed by atoms with van der Waals surface area (Å²) >= 11 is 0. The number of pyridine rings is 2. The molecule has 0 radical (unpaired) electrons. The molecule has 0 aliphatic carbocycles. The van der Waals surface area contributed by atoms with E-state index in [4.69, 9.17) is 9.97 Å². The van der Waals surface area contributed by atoms with Gasteiger partial charge in [-0.05, 0) is 141 Å². The Hall–Kier alpha value is -8.08. The van der Waals surface area contributed by atoms with Gasteiger partial charge in [-0.15, -0.1) is 0 Å². The van der Waals surface area contributed by atoms with Crippen LogP contribution in [0, 0.1) is 0 Å². The van der Waals surface area contributed by atoms with E-state index in [0.717, 1.165) is 103 Å². The second kappa shape index (κ2) is 14.8. The first-order valence-electron chi connectivity index (χ1n) is 22.4. The summed E-state index contributed by atoms with van der Waals surface area (Å²) in [5.74, 6) is 0. The molecule has 9 aromatic carbocycles. The third-order valence-corrected chi connectivity index (χ3v) is 13.7. The van der Waals surface area contributed by atoms with Gasteiger partial charge in [0.1, 0.15) is 0 Å². The summed E-state index contributed by atoms with van der Waals surface area (Å²) in [4.78, 5) is 15.6. The molecular formula is C60H42N4. The van der Waals surface area contributed by atoms with Gasteiger partial charge in [0.15, 0.2) is 0 Å². The van der Waals surface area contributed by atoms with Crippen LogP contribution in [0.2, 0.25) is 0 Å². The molecule has 11 aromatic rings. The van der Waals surface area contributed by atoms with Crippen LogP contribution in [0.3, 0.4) is 0 Å². The molecule has 0 atom stereocenters. The SMILES string of the molecule is c1ccc2c(c1)CCc1ccccc1N2c1ccc2c(-c3nccc4ccccc34)c3cc(N4c5ccccc5CCc5ccccc54)ccc3c(-c3nccc4ccccc34)c2c1. The fourth-order valence-corrected chi connectivity index (χ4v) is 10.7. The van der Waals surface area contributed by atoms with Crippen molar-refractivity contribution >= 4 is 77.2 Å². The number of fused-ring (bicyclic) bond motifs is 8. The summed E-state index contributed by atoms with van der Waals surface area (Å²) in [5, 5.41) is 9.11. The fraction of sp³-hybridized carbons (Fsp3) is 0.0667. The van der Waals surface area contributed by atoms with Gasteiger partial charge in [0.25, 0.3) is 0 Å². The van der Waals surface area contributed by atoms with E-state index >= 15 is 0 Å². The van der Waals surface area contributed by atoms with Crippen LogP contribution in [0.25, 0.3) is 65.6 Å². The van der Waals surface area contributed by atoms with Crippen LogP contribution in [0.4, 0.5) is 34.1 Å². The second-order valence-corrected chi connectivity index (χ2v) is 17.2. The van der Waals surface area contributed by atoms with Crippen LogP contribution in [-0.4, -0.2) is 9.97 Å². The topological polar surface area (TPSA) is 32.3 Å². The number of benzene rings is 9. The molecule has 4 nitrogen and oxygen atoms in total. The van der Waals surface area contributed by atoms with Crippen molar-refractivity contribution in [3.63, 3.8) is 0 Å². The highest BCUT2D eigenvalue weighted by molar-refractivity contribution is 6.25. The van der Waals surface area contributed by atoms with E-state index in [1.807, 2.05) is 12.4 Å². The van der Waals surface area contributed by atoms with E-state index in [-0.39, 0.29) is 0 Å². The van der Waals surface area contributed by atoms with Crippen molar-refractivity contribution in [1.82, 2.24) is 9.97 Å². The standard InChI is InChI=1S/C60H42N4/c1-7-19-47-39(13-1)33-35-61-59(47)57-49-31-29-46(64-55-23-11-5-17-43(55)27-28-44-18-6-12-24-56(44)64)38-52(49)58(60-48-20-8-2-14-40(48)34-36-62-60)50-32-30-45(37-51(50)57)63-53-21-9-3-15-41(53)25-26-42-16-4-10-22-54(42)63/h1-24,29-38H,25-28H2. The maximum Gasteiger partial charge on any atom is 0.0792 e. The molecule has 4 heteroatoms. The van der Waals surface area contributed by atoms with Gasteiger partial charge in [-0.1, -0.05) is 133 Å². The zero-order valence-electron chi connectivity index (χ0n) is 35.2. The molecule has 0 spiro atoms. The molecule has 2 aliphatic heterocycles. The van der Waals surface area contributed by atoms with Crippen molar-refractivity contribution in [3.8, 4) is 22.5 Å². The second-order valence-electron chi connectivity index (χ2n) is 17.2. The van der Waals surface area contributed by atoms with Crippen molar-refractivity contribution in [3.05, 3.63) is 229 Å². The first-order chi connectivity index (χ1) is 31.8. The molecule has 2 aliphatic rings. The van der Waals surface area contributed by atoms with Crippen molar-refractivity contribution in [2.24, 2.45) is 0 Å². The number of hydrogen-bond donors (Lipinski definition) is 0. The molecule has 2 aromatic heterocycles. The minimum Gasteiger partial charge on any atom is -0.310 e. The Morgan fingerprint density at radius 1 is 0.297 bits per heavy atom. The summed E-state index contributed by atoms with van der Waals surface area (Å²) < 4.78 is 0. The smallest absolute Gasteiger partial charge is 0.0792 e. The maximum absolute atomic E-state index is 5.30. The van der Waals surface area contributed by atoms with Crippen LogP contribution >= 0.6 is 0 Å². The number of anilines is 6. The predicted octanol–water partition coefficient (Wildman–Crippen LogP) is 15.6. The van der Waals surface area contributed by atoms with Crippen molar-refractivity contribution in [1.29, 1.82) is 0 Å². The number of hydrogen-bond acceptors (Lipinski definition) is 4. The number of para-hydroxylation sites is 4. The lowest BCUT2D eigenvalue weighted by atomic mass is 9.86. The molecular weight excluding hydrogens is 777 g/mol. The molecule has 0 saturated heterocycles. The quantitative estimate of drug-likeness (QED) is 0.166. The molecule has 0 fully saturated rings. The number of rotatable bonds is 4. The van der Waals surface area contributed by atoms with Gasteiger partial charge >= 0.3 is 0 Å². The number of nitrogens with zero attached hydrogens (tertiary/aromatic N) is 4. The van der Waals surface area contributed by atoms with Crippen LogP contribution in [0.5, 0.6) is 0 Å². The van der Waals surface area contributed by atoms with Gasteiger partial charge in [-0.2, -0.15) is 0 Å². The highest BCUT2D eigenvalue weighted by Gasteiger charge is 2.28. The van der Waals surface area contributed by atoms with E-state index in [1.165, 1.54) is 45.0 Å². The highest BCUT2D eigenvalue weighted by Crippen LogP contribution is 2.51. The molecule has 0 bridgehead atoms. The molecule has 4 heterocycles. The Morgan fingerprint density at radius 3 is 1.03 bits per heavy atom. The third-order valence-electron chi connectivity index (χ3n) is 13.7. The Morgan fingerprint density at radius 2 is 0.641 bits per heavy atom. The monoisotopic (exact) mass is 818 g/mol. The van der Waals surface area contributed by atoms with Crippen LogP contribution in [0.1, 0.15) is 22.3 Å². The minimum atomic E-state index is 0.970. The largest absolute Gasteiger partial charge is 0.310 e. The van der Waals surface area contributed by atoms with E-state index in [2.05, 4.69) is 204 Å². The maximum atomic E-state index is 5.30. The van der Waals surface area contributed by atoms with Crippen LogP contribution in [-0.2, 0) is 25.7 Å². The summed E-state index contributed by atoms with van der Waals surface area (Å²) in [5.41, 5.74) is 16.7. The van der Waals surface area contributed by atoms with E-state index in [0.29, 0.717) is 0 Å². The normalized spacial score (nSPS) is 13.3. The predicted molar refractivity (Wildman–Crippen MR) is 267 cm³/mol. The molecule has 0 amide bonds.